The zero-order valence-electron chi connectivity index (χ0n) is 18.9. The summed E-state index contributed by atoms with van der Waals surface area (Å²) in [6.07, 6.45) is 9.52. The van der Waals surface area contributed by atoms with Crippen molar-refractivity contribution in [2.24, 2.45) is 23.2 Å². The summed E-state index contributed by atoms with van der Waals surface area (Å²) in [5.74, 6) is 1.73. The Labute approximate surface area is 176 Å². The van der Waals surface area contributed by atoms with Gasteiger partial charge in [-0.25, -0.2) is 0 Å². The summed E-state index contributed by atoms with van der Waals surface area (Å²) in [5, 5.41) is 9.21. The SMILES string of the molecule is CC(C)C1CCC(O)CC1.CC1(C)CCC(C(=O)OC2CO[C@@H]3CCO[C@H]23)CC1. The highest BCUT2D eigenvalue weighted by Gasteiger charge is 2.45. The third-order valence-corrected chi connectivity index (χ3v) is 7.54. The average molecular weight is 411 g/mol. The normalized spacial score (nSPS) is 37.0. The van der Waals surface area contributed by atoms with Crippen LogP contribution in [0.1, 0.15) is 85.5 Å². The van der Waals surface area contributed by atoms with E-state index in [4.69, 9.17) is 14.2 Å². The summed E-state index contributed by atoms with van der Waals surface area (Å²) < 4.78 is 16.9. The minimum atomic E-state index is -0.185. The largest absolute Gasteiger partial charge is 0.457 e. The van der Waals surface area contributed by atoms with Crippen LogP contribution in [-0.4, -0.2) is 48.7 Å². The number of carbonyl (C=O) groups excluding carboxylic acids is 1. The van der Waals surface area contributed by atoms with Crippen molar-refractivity contribution < 1.29 is 24.1 Å². The smallest absolute Gasteiger partial charge is 0.309 e. The van der Waals surface area contributed by atoms with Gasteiger partial charge in [0, 0.05) is 6.61 Å². The van der Waals surface area contributed by atoms with E-state index in [1.807, 2.05) is 0 Å². The van der Waals surface area contributed by atoms with Crippen LogP contribution in [0.15, 0.2) is 0 Å². The molecule has 168 valence electrons. The Hall–Kier alpha value is -0.650. The Balaban J connectivity index is 0.000000204. The lowest BCUT2D eigenvalue weighted by Gasteiger charge is -2.33. The van der Waals surface area contributed by atoms with Gasteiger partial charge in [-0.2, -0.15) is 0 Å². The Kier molecular flexibility index (Phi) is 8.02. The molecule has 0 aromatic carbocycles. The molecule has 0 aromatic heterocycles. The molecule has 0 aromatic rings. The van der Waals surface area contributed by atoms with Crippen molar-refractivity contribution in [3.8, 4) is 0 Å². The first kappa shape index (κ1) is 23.0. The Morgan fingerprint density at radius 2 is 1.66 bits per heavy atom. The van der Waals surface area contributed by atoms with E-state index in [-0.39, 0.29) is 36.3 Å². The standard InChI is InChI=1S/C15H24O4.C9H18O/c1-15(2)6-3-10(4-7-15)14(16)19-12-9-18-11-5-8-17-13(11)12;1-7(2)8-3-5-9(10)6-4-8/h10-13H,3-9H2,1-2H3;7-10H,3-6H2,1-2H3/t11-,12?,13+;/m1./s1. The zero-order valence-corrected chi connectivity index (χ0v) is 18.9. The molecule has 0 spiro atoms. The molecule has 1 N–H and O–H groups in total. The Bertz CT molecular complexity index is 513. The lowest BCUT2D eigenvalue weighted by molar-refractivity contribution is -0.160. The highest BCUT2D eigenvalue weighted by Crippen LogP contribution is 2.39. The number of ether oxygens (including phenoxy) is 3. The zero-order chi connectivity index (χ0) is 21.0. The third-order valence-electron chi connectivity index (χ3n) is 7.54. The van der Waals surface area contributed by atoms with Crippen LogP contribution in [0.25, 0.3) is 0 Å². The van der Waals surface area contributed by atoms with Crippen LogP contribution in [0, 0.1) is 23.2 Å². The summed E-state index contributed by atoms with van der Waals surface area (Å²) in [6, 6.07) is 0. The fourth-order valence-corrected chi connectivity index (χ4v) is 5.18. The number of fused-ring (bicyclic) bond motifs is 1. The first-order chi connectivity index (χ1) is 13.7. The van der Waals surface area contributed by atoms with Gasteiger partial charge in [0.25, 0.3) is 0 Å². The number of carbonyl (C=O) groups is 1. The van der Waals surface area contributed by atoms with Crippen LogP contribution < -0.4 is 0 Å². The molecular weight excluding hydrogens is 368 g/mol. The van der Waals surface area contributed by atoms with E-state index in [0.717, 1.165) is 63.4 Å². The number of rotatable bonds is 3. The van der Waals surface area contributed by atoms with Crippen LogP contribution >= 0.6 is 0 Å². The molecule has 4 rings (SSSR count). The predicted molar refractivity (Wildman–Crippen MR) is 113 cm³/mol. The molecule has 3 atom stereocenters. The number of esters is 1. The second-order valence-corrected chi connectivity index (χ2v) is 10.7. The van der Waals surface area contributed by atoms with Gasteiger partial charge < -0.3 is 19.3 Å². The number of hydrogen-bond acceptors (Lipinski definition) is 5. The molecule has 4 fully saturated rings. The fraction of sp³-hybridized carbons (Fsp3) is 0.958. The van der Waals surface area contributed by atoms with Crippen molar-refractivity contribution in [3.05, 3.63) is 0 Å². The third kappa shape index (κ3) is 6.41. The minimum absolute atomic E-state index is 0.00926. The second-order valence-electron chi connectivity index (χ2n) is 10.7. The minimum Gasteiger partial charge on any atom is -0.457 e. The topological polar surface area (TPSA) is 65.0 Å². The maximum Gasteiger partial charge on any atom is 0.309 e. The van der Waals surface area contributed by atoms with Crippen LogP contribution in [-0.2, 0) is 19.0 Å². The molecule has 4 aliphatic rings. The van der Waals surface area contributed by atoms with E-state index in [2.05, 4.69) is 27.7 Å². The van der Waals surface area contributed by atoms with E-state index in [1.54, 1.807) is 0 Å². The van der Waals surface area contributed by atoms with Gasteiger partial charge in [0.05, 0.1) is 24.7 Å². The Morgan fingerprint density at radius 1 is 1.00 bits per heavy atom. The summed E-state index contributed by atoms with van der Waals surface area (Å²) in [4.78, 5) is 12.2. The molecule has 2 saturated carbocycles. The molecule has 5 nitrogen and oxygen atoms in total. The van der Waals surface area contributed by atoms with Gasteiger partial charge in [0.15, 0.2) is 6.10 Å². The van der Waals surface area contributed by atoms with Crippen molar-refractivity contribution in [3.63, 3.8) is 0 Å². The van der Waals surface area contributed by atoms with Gasteiger partial charge in [0.2, 0.25) is 0 Å². The van der Waals surface area contributed by atoms with Crippen LogP contribution in [0.3, 0.4) is 0 Å². The molecule has 2 aliphatic carbocycles. The van der Waals surface area contributed by atoms with Crippen LogP contribution in [0.4, 0.5) is 0 Å². The van der Waals surface area contributed by atoms with Crippen molar-refractivity contribution in [1.29, 1.82) is 0 Å². The molecule has 0 radical (unpaired) electrons. The average Bonchev–Trinajstić information content (AvgIpc) is 3.28. The van der Waals surface area contributed by atoms with Gasteiger partial charge in [0.1, 0.15) is 6.10 Å². The lowest BCUT2D eigenvalue weighted by atomic mass is 9.73. The molecule has 29 heavy (non-hydrogen) atoms. The summed E-state index contributed by atoms with van der Waals surface area (Å²) in [7, 11) is 0. The summed E-state index contributed by atoms with van der Waals surface area (Å²) in [6.45, 7) is 10.3. The highest BCUT2D eigenvalue weighted by molar-refractivity contribution is 5.72. The lowest BCUT2D eigenvalue weighted by Crippen LogP contribution is -2.35. The van der Waals surface area contributed by atoms with E-state index >= 15 is 0 Å². The number of aliphatic hydroxyl groups excluding tert-OH is 1. The van der Waals surface area contributed by atoms with Crippen LogP contribution in [0.2, 0.25) is 0 Å². The van der Waals surface area contributed by atoms with E-state index in [9.17, 15) is 9.90 Å². The maximum atomic E-state index is 12.2. The van der Waals surface area contributed by atoms with Gasteiger partial charge in [-0.1, -0.05) is 27.7 Å². The van der Waals surface area contributed by atoms with E-state index < -0.39 is 0 Å². The van der Waals surface area contributed by atoms with Crippen molar-refractivity contribution >= 4 is 5.97 Å². The first-order valence-corrected chi connectivity index (χ1v) is 11.9. The monoisotopic (exact) mass is 410 g/mol. The van der Waals surface area contributed by atoms with Gasteiger partial charge in [-0.3, -0.25) is 4.79 Å². The molecule has 2 aliphatic heterocycles. The van der Waals surface area contributed by atoms with Gasteiger partial charge >= 0.3 is 5.97 Å². The van der Waals surface area contributed by atoms with E-state index in [0.29, 0.717) is 12.0 Å². The summed E-state index contributed by atoms with van der Waals surface area (Å²) in [5.41, 5.74) is 0.382. The molecule has 5 heteroatoms. The molecule has 2 saturated heterocycles. The summed E-state index contributed by atoms with van der Waals surface area (Å²) >= 11 is 0. The Morgan fingerprint density at radius 3 is 2.28 bits per heavy atom. The first-order valence-electron chi connectivity index (χ1n) is 11.9. The highest BCUT2D eigenvalue weighted by atomic mass is 16.6. The van der Waals surface area contributed by atoms with Gasteiger partial charge in [-0.05, 0) is 75.0 Å². The predicted octanol–water partition coefficient (Wildman–Crippen LogP) is 4.50. The van der Waals surface area contributed by atoms with Crippen molar-refractivity contribution in [1.82, 2.24) is 0 Å². The van der Waals surface area contributed by atoms with Crippen molar-refractivity contribution in [2.75, 3.05) is 13.2 Å². The second kappa shape index (κ2) is 10.1. The number of aliphatic hydroxyl groups is 1. The van der Waals surface area contributed by atoms with E-state index in [1.165, 1.54) is 12.8 Å². The number of hydrogen-bond donors (Lipinski definition) is 1. The molecule has 2 heterocycles. The maximum absolute atomic E-state index is 12.2. The molecule has 1 unspecified atom stereocenters. The fourth-order valence-electron chi connectivity index (χ4n) is 5.18. The molecular formula is C24H42O5. The van der Waals surface area contributed by atoms with Crippen molar-refractivity contribution in [2.45, 2.75) is 110 Å². The molecule has 0 amide bonds. The quantitative estimate of drug-likeness (QED) is 0.694. The van der Waals surface area contributed by atoms with Crippen LogP contribution in [0.5, 0.6) is 0 Å². The molecule has 0 bridgehead atoms. The van der Waals surface area contributed by atoms with Gasteiger partial charge in [-0.15, -0.1) is 0 Å².